The summed E-state index contributed by atoms with van der Waals surface area (Å²) in [6.45, 7) is 0.956. The lowest BCUT2D eigenvalue weighted by molar-refractivity contribution is -0.166. The fourth-order valence-corrected chi connectivity index (χ4v) is 4.16. The van der Waals surface area contributed by atoms with Gasteiger partial charge in [-0.1, -0.05) is 12.1 Å². The van der Waals surface area contributed by atoms with Crippen molar-refractivity contribution in [3.63, 3.8) is 0 Å². The smallest absolute Gasteiger partial charge is 0.349 e. The van der Waals surface area contributed by atoms with Crippen molar-refractivity contribution in [1.82, 2.24) is 4.90 Å². The maximum Gasteiger partial charge on any atom is 0.349 e. The van der Waals surface area contributed by atoms with Crippen molar-refractivity contribution in [3.05, 3.63) is 44.8 Å². The number of hydrogen-bond donors (Lipinski definition) is 1. The van der Waals surface area contributed by atoms with E-state index in [0.717, 1.165) is 0 Å². The molecule has 0 saturated carbocycles. The minimum absolute atomic E-state index is 0.362. The molecule has 2 aromatic heterocycles. The highest BCUT2D eigenvalue weighted by Crippen LogP contribution is 2.37. The van der Waals surface area contributed by atoms with E-state index in [0.29, 0.717) is 29.3 Å². The molecule has 1 N–H and O–H groups in total. The molecule has 0 radical (unpaired) electrons. The number of nitrogens with zero attached hydrogens (tertiary/aromatic N) is 2. The molecule has 1 atom stereocenters. The van der Waals surface area contributed by atoms with Gasteiger partial charge in [-0.3, -0.25) is 0 Å². The largest absolute Gasteiger partial charge is 0.458 e. The van der Waals surface area contributed by atoms with Crippen LogP contribution in [0.15, 0.2) is 35.0 Å². The Kier molecular flexibility index (Phi) is 4.16. The lowest BCUT2D eigenvalue weighted by Gasteiger charge is -2.25. The first-order valence-electron chi connectivity index (χ1n) is 6.80. The third-order valence-electron chi connectivity index (χ3n) is 3.61. The lowest BCUT2D eigenvalue weighted by Crippen LogP contribution is -2.39. The molecule has 0 amide bonds. The average molecular weight is 334 g/mol. The van der Waals surface area contributed by atoms with E-state index < -0.39 is 11.6 Å². The number of carbonyl (C=O) groups excluding carboxylic acids is 1. The first-order valence-corrected chi connectivity index (χ1v) is 8.56. The predicted molar refractivity (Wildman–Crippen MR) is 83.3 cm³/mol. The van der Waals surface area contributed by atoms with Gasteiger partial charge in [-0.25, -0.2) is 4.79 Å². The number of likely N-dealkylation sites (tertiary alicyclic amines) is 1. The van der Waals surface area contributed by atoms with E-state index in [1.165, 1.54) is 22.7 Å². The molecule has 22 heavy (non-hydrogen) atoms. The van der Waals surface area contributed by atoms with Crippen LogP contribution in [0.1, 0.15) is 16.2 Å². The maximum atomic E-state index is 12.7. The third-order valence-corrected chi connectivity index (χ3v) is 5.57. The summed E-state index contributed by atoms with van der Waals surface area (Å²) in [5.41, 5.74) is -1.78. The van der Waals surface area contributed by atoms with Gasteiger partial charge in [-0.05, 0) is 22.9 Å². The Bertz CT molecular complexity index is 642. The molecule has 3 heterocycles. The second-order valence-electron chi connectivity index (χ2n) is 5.03. The second kappa shape index (κ2) is 6.08. The number of esters is 1. The topological polar surface area (TPSA) is 73.6 Å². The van der Waals surface area contributed by atoms with Crippen molar-refractivity contribution >= 4 is 28.6 Å². The molecule has 0 aromatic carbocycles. The zero-order chi connectivity index (χ0) is 15.6. The SMILES string of the molecule is N#CN1CC[C@@H](OC(=O)C(O)(c2cccs2)c2cccs2)C1. The highest BCUT2D eigenvalue weighted by Gasteiger charge is 2.45. The van der Waals surface area contributed by atoms with Gasteiger partial charge in [-0.15, -0.1) is 22.7 Å². The summed E-state index contributed by atoms with van der Waals surface area (Å²) in [5, 5.41) is 23.5. The molecule has 1 aliphatic heterocycles. The van der Waals surface area contributed by atoms with Gasteiger partial charge in [0.1, 0.15) is 6.10 Å². The fraction of sp³-hybridized carbons (Fsp3) is 0.333. The highest BCUT2D eigenvalue weighted by atomic mass is 32.1. The molecule has 0 aliphatic carbocycles. The van der Waals surface area contributed by atoms with Crippen LogP contribution in [0.3, 0.4) is 0 Å². The number of rotatable bonds is 4. The minimum atomic E-state index is -1.78. The molecule has 5 nitrogen and oxygen atoms in total. The normalized spacial score (nSPS) is 18.2. The Morgan fingerprint density at radius 2 is 2.00 bits per heavy atom. The predicted octanol–water partition coefficient (Wildman–Crippen LogP) is 2.14. The molecule has 7 heteroatoms. The number of hydrogen-bond acceptors (Lipinski definition) is 7. The quantitative estimate of drug-likeness (QED) is 0.685. The van der Waals surface area contributed by atoms with E-state index >= 15 is 0 Å². The third kappa shape index (κ3) is 2.61. The van der Waals surface area contributed by atoms with E-state index in [-0.39, 0.29) is 6.10 Å². The molecule has 1 fully saturated rings. The monoisotopic (exact) mass is 334 g/mol. The molecule has 1 aliphatic rings. The summed E-state index contributed by atoms with van der Waals surface area (Å²) in [4.78, 5) is 15.3. The van der Waals surface area contributed by atoms with E-state index in [4.69, 9.17) is 10.00 Å². The standard InChI is InChI=1S/C15H14N2O3S2/c16-10-17-6-5-11(9-17)20-14(18)15(19,12-3-1-7-21-12)13-4-2-8-22-13/h1-4,7-8,11,19H,5-6,9H2/t11-/m1/s1. The van der Waals surface area contributed by atoms with Gasteiger partial charge < -0.3 is 14.7 Å². The maximum absolute atomic E-state index is 12.7. The van der Waals surface area contributed by atoms with Gasteiger partial charge in [0, 0.05) is 13.0 Å². The average Bonchev–Trinajstić information content (AvgIpc) is 3.26. The van der Waals surface area contributed by atoms with Gasteiger partial charge in [0.15, 0.2) is 6.19 Å². The summed E-state index contributed by atoms with van der Waals surface area (Å²) >= 11 is 2.62. The molecular formula is C15H14N2O3S2. The Morgan fingerprint density at radius 1 is 1.36 bits per heavy atom. The van der Waals surface area contributed by atoms with Gasteiger partial charge in [0.05, 0.1) is 16.3 Å². The molecule has 0 bridgehead atoms. The Balaban J connectivity index is 1.85. The summed E-state index contributed by atoms with van der Waals surface area (Å²) < 4.78 is 5.49. The first kappa shape index (κ1) is 15.0. The second-order valence-corrected chi connectivity index (χ2v) is 6.92. The number of aliphatic hydroxyl groups is 1. The number of thiophene rings is 2. The fourth-order valence-electron chi connectivity index (χ4n) is 2.44. The van der Waals surface area contributed by atoms with Crippen LogP contribution in [0, 0.1) is 11.5 Å². The number of carbonyl (C=O) groups is 1. The summed E-state index contributed by atoms with van der Waals surface area (Å²) in [6.07, 6.45) is 2.28. The first-order chi connectivity index (χ1) is 10.6. The van der Waals surface area contributed by atoms with E-state index in [2.05, 4.69) is 0 Å². The number of ether oxygens (including phenoxy) is 1. The van der Waals surface area contributed by atoms with Crippen molar-refractivity contribution in [3.8, 4) is 6.19 Å². The summed E-state index contributed by atoms with van der Waals surface area (Å²) in [6, 6.07) is 7.03. The summed E-state index contributed by atoms with van der Waals surface area (Å²) in [7, 11) is 0. The van der Waals surface area contributed by atoms with Gasteiger partial charge >= 0.3 is 5.97 Å². The van der Waals surface area contributed by atoms with Crippen LogP contribution in [0.25, 0.3) is 0 Å². The van der Waals surface area contributed by atoms with Gasteiger partial charge in [0.2, 0.25) is 5.60 Å². The molecule has 0 spiro atoms. The van der Waals surface area contributed by atoms with Crippen LogP contribution in [-0.2, 0) is 15.1 Å². The lowest BCUT2D eigenvalue weighted by atomic mass is 10.00. The Morgan fingerprint density at radius 3 is 2.45 bits per heavy atom. The van der Waals surface area contributed by atoms with Crippen molar-refractivity contribution in [2.45, 2.75) is 18.1 Å². The molecule has 3 rings (SSSR count). The highest BCUT2D eigenvalue weighted by molar-refractivity contribution is 7.12. The van der Waals surface area contributed by atoms with Crippen LogP contribution in [-0.4, -0.2) is 35.2 Å². The molecular weight excluding hydrogens is 320 g/mol. The Hall–Kier alpha value is -1.88. The molecule has 0 unspecified atom stereocenters. The zero-order valence-electron chi connectivity index (χ0n) is 11.6. The molecule has 1 saturated heterocycles. The van der Waals surface area contributed by atoms with Crippen LogP contribution < -0.4 is 0 Å². The zero-order valence-corrected chi connectivity index (χ0v) is 13.3. The summed E-state index contributed by atoms with van der Waals surface area (Å²) in [5.74, 6) is -0.679. The molecule has 2 aromatic rings. The van der Waals surface area contributed by atoms with Gasteiger partial charge in [-0.2, -0.15) is 5.26 Å². The van der Waals surface area contributed by atoms with E-state index in [1.807, 2.05) is 17.0 Å². The van der Waals surface area contributed by atoms with Gasteiger partial charge in [0.25, 0.3) is 0 Å². The van der Waals surface area contributed by atoms with Crippen molar-refractivity contribution in [2.24, 2.45) is 0 Å². The Labute approximate surface area is 136 Å². The van der Waals surface area contributed by atoms with Crippen LogP contribution in [0.2, 0.25) is 0 Å². The van der Waals surface area contributed by atoms with Crippen molar-refractivity contribution in [2.75, 3.05) is 13.1 Å². The van der Waals surface area contributed by atoms with Crippen molar-refractivity contribution in [1.29, 1.82) is 5.26 Å². The van der Waals surface area contributed by atoms with Crippen LogP contribution >= 0.6 is 22.7 Å². The van der Waals surface area contributed by atoms with E-state index in [9.17, 15) is 9.90 Å². The minimum Gasteiger partial charge on any atom is -0.458 e. The molecule has 114 valence electrons. The van der Waals surface area contributed by atoms with E-state index in [1.54, 1.807) is 29.2 Å². The van der Waals surface area contributed by atoms with Crippen LogP contribution in [0.5, 0.6) is 0 Å². The van der Waals surface area contributed by atoms with Crippen molar-refractivity contribution < 1.29 is 14.6 Å². The number of nitriles is 1. The van der Waals surface area contributed by atoms with Crippen LogP contribution in [0.4, 0.5) is 0 Å².